The summed E-state index contributed by atoms with van der Waals surface area (Å²) < 4.78 is 34.6. The molecule has 1 saturated heterocycles. The molecule has 3 aliphatic rings. The first-order valence-electron chi connectivity index (χ1n) is 19.0. The van der Waals surface area contributed by atoms with E-state index in [2.05, 4.69) is 81.0 Å². The minimum atomic E-state index is -3.50. The van der Waals surface area contributed by atoms with E-state index >= 15 is 0 Å². The molecule has 1 saturated carbocycles. The zero-order valence-electron chi connectivity index (χ0n) is 35.5. The Kier molecular flexibility index (Phi) is 23.7. The Hall–Kier alpha value is -5.39. The van der Waals surface area contributed by atoms with Crippen molar-refractivity contribution in [2.45, 2.75) is 80.9 Å². The van der Waals surface area contributed by atoms with E-state index in [0.717, 1.165) is 22.4 Å². The molecule has 13 nitrogen and oxygen atoms in total. The van der Waals surface area contributed by atoms with Crippen molar-refractivity contribution in [3.8, 4) is 11.5 Å². The molecule has 1 aromatic carbocycles. The van der Waals surface area contributed by atoms with E-state index in [0.29, 0.717) is 5.41 Å². The fourth-order valence-corrected chi connectivity index (χ4v) is 4.79. The average molecular weight is 852 g/mol. The maximum absolute atomic E-state index is 12.3. The Morgan fingerprint density at radius 1 is 0.814 bits per heavy atom. The number of ether oxygens (including phenoxy) is 2. The first-order valence-corrected chi connectivity index (χ1v) is 20.8. The number of nitrogens with zero attached hydrogens (tertiary/aromatic N) is 8. The summed E-state index contributed by atoms with van der Waals surface area (Å²) in [6, 6.07) is 11.7. The number of hydrogen-bond donors (Lipinski definition) is 3. The molecule has 59 heavy (non-hydrogen) atoms. The van der Waals surface area contributed by atoms with Gasteiger partial charge in [-0.25, -0.2) is 9.97 Å². The number of fused-ring (bicyclic) bond motifs is 1. The Morgan fingerprint density at radius 2 is 1.49 bits per heavy atom. The van der Waals surface area contributed by atoms with Gasteiger partial charge in [0.25, 0.3) is 0 Å². The number of thiazole rings is 2. The van der Waals surface area contributed by atoms with Gasteiger partial charge in [-0.3, -0.25) is 24.8 Å². The highest BCUT2D eigenvalue weighted by atomic mass is 32.1. The third-order valence-corrected chi connectivity index (χ3v) is 8.88. The third-order valence-electron chi connectivity index (χ3n) is 7.47. The molecule has 0 atom stereocenters. The monoisotopic (exact) mass is 851 g/mol. The lowest BCUT2D eigenvalue weighted by Crippen LogP contribution is -2.25. The lowest BCUT2D eigenvalue weighted by Gasteiger charge is -2.12. The first-order chi connectivity index (χ1) is 28.1. The largest absolute Gasteiger partial charge is 0.586 e. The second-order valence-corrected chi connectivity index (χ2v) is 16.2. The number of aromatic nitrogens is 10. The van der Waals surface area contributed by atoms with Crippen molar-refractivity contribution in [3.63, 3.8) is 0 Å². The summed E-state index contributed by atoms with van der Waals surface area (Å²) in [6.45, 7) is 19.1. The van der Waals surface area contributed by atoms with E-state index < -0.39 is 6.29 Å². The summed E-state index contributed by atoms with van der Waals surface area (Å²) in [5.74, 6) is 2.07. The summed E-state index contributed by atoms with van der Waals surface area (Å²) in [6.07, 6.45) is 16.9. The molecule has 0 amide bonds. The van der Waals surface area contributed by atoms with E-state index in [-0.39, 0.29) is 11.5 Å². The molecule has 2 fully saturated rings. The maximum Gasteiger partial charge on any atom is 0.586 e. The van der Waals surface area contributed by atoms with Crippen LogP contribution in [0.2, 0.25) is 0 Å². The van der Waals surface area contributed by atoms with Crippen LogP contribution in [0.3, 0.4) is 0 Å². The Bertz CT molecular complexity index is 1740. The SMILES string of the molecule is CC1(C)CCNC1.CC1CC1.Cc1ccn[nH]1.Cc1cn[nH]c1.Cc1cncs1.Cc1ncccn1.Cc1nccs1.Cn1cccn1.FC1(F)Oc2ccccc2O1. The van der Waals surface area contributed by atoms with Gasteiger partial charge in [-0.15, -0.1) is 31.5 Å². The predicted molar refractivity (Wildman–Crippen MR) is 233 cm³/mol. The minimum Gasteiger partial charge on any atom is -0.395 e. The zero-order chi connectivity index (χ0) is 43.4. The van der Waals surface area contributed by atoms with Crippen molar-refractivity contribution in [3.05, 3.63) is 136 Å². The highest BCUT2D eigenvalue weighted by molar-refractivity contribution is 7.09. The topological polar surface area (TPSA) is 157 Å². The van der Waals surface area contributed by atoms with E-state index in [1.807, 2.05) is 83.3 Å². The standard InChI is InChI=1S/C7H4F2O2.C6H13N.C5H6N2.3C4H6N2.2C4H5NS.C4H8/c8-7(9)10-5-3-1-2-4-6(5)11-7;1-6(2)3-4-7-5-6;1-5-6-3-2-4-7-5;1-4-2-5-6-3-4;1-6-4-2-3-5-6;1-4-2-3-5-6-4;1-4-2-5-3-6-4;1-4-5-2-3-6-4;1-4-2-3-4/h1-4H;7H,3-5H2,1-2H3;2-4H,1H3;2-3H,1H3,(H,5,6);2-4H,1H3;2-3H,1H3,(H,5,6);2*2-3H,1H3;4H,2-3H2,1H3. The molecule has 0 unspecified atom stereocenters. The minimum absolute atomic E-state index is 0.0810. The van der Waals surface area contributed by atoms with Crippen molar-refractivity contribution in [2.75, 3.05) is 13.1 Å². The molecule has 7 aromatic rings. The Labute approximate surface area is 355 Å². The van der Waals surface area contributed by atoms with Gasteiger partial charge in [-0.05, 0) is 94.8 Å². The quantitative estimate of drug-likeness (QED) is 0.134. The molecule has 6 aromatic heterocycles. The van der Waals surface area contributed by atoms with E-state index in [9.17, 15) is 8.78 Å². The van der Waals surface area contributed by atoms with Gasteiger partial charge in [-0.1, -0.05) is 45.7 Å². The summed E-state index contributed by atoms with van der Waals surface area (Å²) in [7, 11) is 1.89. The number of benzene rings is 1. The lowest BCUT2D eigenvalue weighted by atomic mass is 9.93. The number of hydrogen-bond acceptors (Lipinski definition) is 12. The number of nitrogens with one attached hydrogen (secondary N) is 3. The number of rotatable bonds is 0. The van der Waals surface area contributed by atoms with Gasteiger partial charge in [0, 0.05) is 79.1 Å². The second kappa shape index (κ2) is 28.1. The van der Waals surface area contributed by atoms with Crippen LogP contribution in [0, 0.1) is 46.0 Å². The molecular weight excluding hydrogens is 793 g/mol. The van der Waals surface area contributed by atoms with E-state index in [4.69, 9.17) is 0 Å². The molecule has 10 rings (SSSR count). The van der Waals surface area contributed by atoms with Crippen molar-refractivity contribution >= 4 is 22.7 Å². The average Bonchev–Trinajstić information content (AvgIpc) is 4.00. The van der Waals surface area contributed by atoms with Gasteiger partial charge < -0.3 is 14.8 Å². The van der Waals surface area contributed by atoms with Crippen LogP contribution in [0.15, 0.2) is 109 Å². The molecule has 3 N–H and O–H groups in total. The second-order valence-electron chi connectivity index (χ2n) is 14.0. The zero-order valence-corrected chi connectivity index (χ0v) is 37.1. The van der Waals surface area contributed by atoms with Gasteiger partial charge >= 0.3 is 6.29 Å². The number of aromatic amines is 2. The molecule has 320 valence electrons. The van der Waals surface area contributed by atoms with Crippen molar-refractivity contribution < 1.29 is 18.3 Å². The summed E-state index contributed by atoms with van der Waals surface area (Å²) in [5, 5.41) is 23.1. The van der Waals surface area contributed by atoms with Crippen molar-refractivity contribution in [1.29, 1.82) is 0 Å². The number of alkyl halides is 2. The lowest BCUT2D eigenvalue weighted by molar-refractivity contribution is -0.286. The molecule has 8 heterocycles. The van der Waals surface area contributed by atoms with Crippen LogP contribution >= 0.6 is 22.7 Å². The molecule has 0 radical (unpaired) electrons. The van der Waals surface area contributed by atoms with Crippen LogP contribution in [-0.4, -0.2) is 69.5 Å². The molecule has 1 aliphatic carbocycles. The van der Waals surface area contributed by atoms with Crippen LogP contribution in [0.25, 0.3) is 0 Å². The fourth-order valence-electron chi connectivity index (χ4n) is 3.94. The fraction of sp³-hybridized carbons (Fsp3) is 0.405. The van der Waals surface area contributed by atoms with Gasteiger partial charge in [0.1, 0.15) is 5.82 Å². The third kappa shape index (κ3) is 27.0. The Balaban J connectivity index is 0.000000232. The first kappa shape index (κ1) is 49.8. The molecule has 17 heteroatoms. The molecular formula is C42H59F2N11O2S2. The van der Waals surface area contributed by atoms with Crippen LogP contribution < -0.4 is 14.8 Å². The van der Waals surface area contributed by atoms with Gasteiger partial charge in [0.15, 0.2) is 11.5 Å². The molecule has 2 aliphatic heterocycles. The van der Waals surface area contributed by atoms with Crippen molar-refractivity contribution in [2.24, 2.45) is 18.4 Å². The summed E-state index contributed by atoms with van der Waals surface area (Å²) in [5.41, 5.74) is 4.69. The summed E-state index contributed by atoms with van der Waals surface area (Å²) >= 11 is 3.33. The smallest absolute Gasteiger partial charge is 0.395 e. The highest BCUT2D eigenvalue weighted by Crippen LogP contribution is 2.40. The van der Waals surface area contributed by atoms with Crippen LogP contribution in [0.1, 0.15) is 67.0 Å². The Morgan fingerprint density at radius 3 is 1.71 bits per heavy atom. The van der Waals surface area contributed by atoms with Gasteiger partial charge in [0.2, 0.25) is 0 Å². The van der Waals surface area contributed by atoms with E-state index in [1.54, 1.807) is 82.7 Å². The molecule has 0 spiro atoms. The highest BCUT2D eigenvalue weighted by Gasteiger charge is 2.43. The molecule has 0 bridgehead atoms. The predicted octanol–water partition coefficient (Wildman–Crippen LogP) is 9.97. The number of para-hydroxylation sites is 2. The maximum atomic E-state index is 12.3. The number of aryl methyl sites for hydroxylation is 6. The van der Waals surface area contributed by atoms with Crippen LogP contribution in [0.5, 0.6) is 11.5 Å². The van der Waals surface area contributed by atoms with Gasteiger partial charge in [-0.2, -0.15) is 15.3 Å². The summed E-state index contributed by atoms with van der Waals surface area (Å²) in [4.78, 5) is 16.8. The normalized spacial score (nSPS) is 14.1. The van der Waals surface area contributed by atoms with Gasteiger partial charge in [0.05, 0.1) is 16.7 Å². The van der Waals surface area contributed by atoms with E-state index in [1.165, 1.54) is 54.9 Å². The number of H-pyrrole nitrogens is 2. The van der Waals surface area contributed by atoms with Crippen molar-refractivity contribution in [1.82, 2.24) is 55.4 Å². The van der Waals surface area contributed by atoms with Crippen LogP contribution in [-0.2, 0) is 7.05 Å². The number of halogens is 2. The van der Waals surface area contributed by atoms with Crippen LogP contribution in [0.4, 0.5) is 8.78 Å².